The third kappa shape index (κ3) is 3.82. The van der Waals surface area contributed by atoms with Crippen molar-refractivity contribution in [3.63, 3.8) is 0 Å². The fourth-order valence-electron chi connectivity index (χ4n) is 1.99. The van der Waals surface area contributed by atoms with Gasteiger partial charge in [0, 0.05) is 9.13 Å². The second kappa shape index (κ2) is 7.23. The first-order chi connectivity index (χ1) is 10.2. The smallest absolute Gasteiger partial charge is 0.184 e. The van der Waals surface area contributed by atoms with Crippen molar-refractivity contribution in [1.29, 1.82) is 5.26 Å². The van der Waals surface area contributed by atoms with Crippen LogP contribution < -0.4 is 4.74 Å². The summed E-state index contributed by atoms with van der Waals surface area (Å²) in [5.74, 6) is -0.238. The molecule has 0 aliphatic rings. The molecule has 0 amide bonds. The summed E-state index contributed by atoms with van der Waals surface area (Å²) in [6.07, 6.45) is 0. The van der Waals surface area contributed by atoms with Gasteiger partial charge in [0.2, 0.25) is 0 Å². The largest absolute Gasteiger partial charge is 0.494 e. The van der Waals surface area contributed by atoms with Crippen molar-refractivity contribution in [2.45, 2.75) is 12.8 Å². The van der Waals surface area contributed by atoms with Crippen LogP contribution in [0.1, 0.15) is 28.8 Å². The van der Waals surface area contributed by atoms with E-state index in [0.717, 1.165) is 9.32 Å². The van der Waals surface area contributed by atoms with Gasteiger partial charge in [0.15, 0.2) is 5.78 Å². The second-order valence-corrected chi connectivity index (χ2v) is 5.68. The van der Waals surface area contributed by atoms with E-state index < -0.39 is 5.92 Å². The normalized spacial score (nSPS) is 11.5. The van der Waals surface area contributed by atoms with E-state index in [1.54, 1.807) is 36.4 Å². The molecule has 0 radical (unpaired) electrons. The van der Waals surface area contributed by atoms with Crippen molar-refractivity contribution < 1.29 is 9.53 Å². The van der Waals surface area contributed by atoms with Crippen molar-refractivity contribution >= 4 is 28.4 Å². The van der Waals surface area contributed by atoms with E-state index in [2.05, 4.69) is 28.7 Å². The number of Topliss-reactive ketones (excluding diaryl/α,β-unsaturated/α-hetero) is 1. The van der Waals surface area contributed by atoms with Crippen LogP contribution in [0, 0.1) is 14.9 Å². The Bertz CT molecular complexity index is 657. The number of ether oxygens (including phenoxy) is 1. The number of halogens is 1. The van der Waals surface area contributed by atoms with E-state index in [1.807, 2.05) is 19.1 Å². The maximum absolute atomic E-state index is 12.4. The summed E-state index contributed by atoms with van der Waals surface area (Å²) in [6, 6.07) is 16.4. The Morgan fingerprint density at radius 2 is 1.81 bits per heavy atom. The SMILES string of the molecule is CCOc1ccc(C(C#N)C(=O)c2ccc(I)cc2)cc1. The molecular formula is C17H14INO2. The van der Waals surface area contributed by atoms with Gasteiger partial charge in [0.25, 0.3) is 0 Å². The number of benzene rings is 2. The highest BCUT2D eigenvalue weighted by Crippen LogP contribution is 2.23. The molecule has 2 aromatic carbocycles. The van der Waals surface area contributed by atoms with E-state index in [-0.39, 0.29) is 5.78 Å². The second-order valence-electron chi connectivity index (χ2n) is 4.44. The third-order valence-electron chi connectivity index (χ3n) is 3.04. The predicted molar refractivity (Wildman–Crippen MR) is 89.5 cm³/mol. The molecule has 0 aliphatic heterocycles. The first-order valence-corrected chi connectivity index (χ1v) is 7.65. The summed E-state index contributed by atoms with van der Waals surface area (Å²) in [4.78, 5) is 12.4. The number of nitrogens with zero attached hydrogens (tertiary/aromatic N) is 1. The Balaban J connectivity index is 2.24. The van der Waals surface area contributed by atoms with Gasteiger partial charge in [0.1, 0.15) is 11.7 Å². The maximum atomic E-state index is 12.4. The van der Waals surface area contributed by atoms with E-state index in [4.69, 9.17) is 4.74 Å². The molecule has 0 heterocycles. The summed E-state index contributed by atoms with van der Waals surface area (Å²) in [6.45, 7) is 2.49. The van der Waals surface area contributed by atoms with Crippen LogP contribution in [-0.4, -0.2) is 12.4 Å². The summed E-state index contributed by atoms with van der Waals surface area (Å²) in [5, 5.41) is 9.33. The number of nitriles is 1. The molecule has 1 atom stereocenters. The monoisotopic (exact) mass is 391 g/mol. The Labute approximate surface area is 137 Å². The van der Waals surface area contributed by atoms with Gasteiger partial charge in [0.05, 0.1) is 12.7 Å². The lowest BCUT2D eigenvalue weighted by Crippen LogP contribution is -2.11. The van der Waals surface area contributed by atoms with E-state index >= 15 is 0 Å². The molecular weight excluding hydrogens is 377 g/mol. The Kier molecular flexibility index (Phi) is 5.34. The van der Waals surface area contributed by atoms with Crippen molar-refractivity contribution in [1.82, 2.24) is 0 Å². The number of hydrogen-bond donors (Lipinski definition) is 0. The van der Waals surface area contributed by atoms with Gasteiger partial charge in [-0.1, -0.05) is 24.3 Å². The van der Waals surface area contributed by atoms with Crippen molar-refractivity contribution in [3.8, 4) is 11.8 Å². The molecule has 3 nitrogen and oxygen atoms in total. The highest BCUT2D eigenvalue weighted by atomic mass is 127. The molecule has 0 N–H and O–H groups in total. The first-order valence-electron chi connectivity index (χ1n) is 6.58. The van der Waals surface area contributed by atoms with Crippen molar-refractivity contribution in [2.75, 3.05) is 6.61 Å². The van der Waals surface area contributed by atoms with Gasteiger partial charge < -0.3 is 4.74 Å². The molecule has 0 bridgehead atoms. The highest BCUT2D eigenvalue weighted by Gasteiger charge is 2.21. The van der Waals surface area contributed by atoms with Crippen LogP contribution in [0.25, 0.3) is 0 Å². The van der Waals surface area contributed by atoms with Gasteiger partial charge in [-0.25, -0.2) is 0 Å². The van der Waals surface area contributed by atoms with Gasteiger partial charge in [-0.3, -0.25) is 4.79 Å². The molecule has 0 aromatic heterocycles. The topological polar surface area (TPSA) is 50.1 Å². The molecule has 0 saturated carbocycles. The average Bonchev–Trinajstić information content (AvgIpc) is 2.50. The number of ketones is 1. The minimum atomic E-state index is -0.791. The number of hydrogen-bond acceptors (Lipinski definition) is 3. The lowest BCUT2D eigenvalue weighted by atomic mass is 9.92. The van der Waals surface area contributed by atoms with Crippen LogP contribution in [-0.2, 0) is 0 Å². The Hall–Kier alpha value is -1.87. The van der Waals surface area contributed by atoms with E-state index in [1.165, 1.54) is 0 Å². The molecule has 2 rings (SSSR count). The van der Waals surface area contributed by atoms with Crippen LogP contribution in [0.5, 0.6) is 5.75 Å². The van der Waals surface area contributed by atoms with E-state index in [9.17, 15) is 10.1 Å². The molecule has 1 unspecified atom stereocenters. The molecule has 0 aliphatic carbocycles. The zero-order valence-corrected chi connectivity index (χ0v) is 13.7. The minimum Gasteiger partial charge on any atom is -0.494 e. The standard InChI is InChI=1S/C17H14INO2/c1-2-21-15-9-5-12(6-10-15)16(11-19)17(20)13-3-7-14(18)8-4-13/h3-10,16H,2H2,1H3. The van der Waals surface area contributed by atoms with Crippen LogP contribution in [0.15, 0.2) is 48.5 Å². The minimum absolute atomic E-state index is 0.182. The average molecular weight is 391 g/mol. The molecule has 0 fully saturated rings. The van der Waals surface area contributed by atoms with Crippen LogP contribution in [0.2, 0.25) is 0 Å². The zero-order valence-electron chi connectivity index (χ0n) is 11.5. The summed E-state index contributed by atoms with van der Waals surface area (Å²) >= 11 is 2.18. The van der Waals surface area contributed by atoms with Gasteiger partial charge >= 0.3 is 0 Å². The molecule has 21 heavy (non-hydrogen) atoms. The fourth-order valence-corrected chi connectivity index (χ4v) is 2.35. The third-order valence-corrected chi connectivity index (χ3v) is 3.76. The summed E-state index contributed by atoms with van der Waals surface area (Å²) < 4.78 is 6.42. The molecule has 106 valence electrons. The molecule has 2 aromatic rings. The van der Waals surface area contributed by atoms with Crippen LogP contribution in [0.4, 0.5) is 0 Å². The van der Waals surface area contributed by atoms with Gasteiger partial charge in [-0.15, -0.1) is 0 Å². The van der Waals surface area contributed by atoms with Gasteiger partial charge in [-0.05, 0) is 59.3 Å². The lowest BCUT2D eigenvalue weighted by Gasteiger charge is -2.10. The Morgan fingerprint density at radius 1 is 1.19 bits per heavy atom. The van der Waals surface area contributed by atoms with E-state index in [0.29, 0.717) is 17.7 Å². The maximum Gasteiger partial charge on any atom is 0.184 e. The highest BCUT2D eigenvalue weighted by molar-refractivity contribution is 14.1. The fraction of sp³-hybridized carbons (Fsp3) is 0.176. The lowest BCUT2D eigenvalue weighted by molar-refractivity contribution is 0.0979. The first kappa shape index (κ1) is 15.5. The molecule has 0 spiro atoms. The zero-order chi connectivity index (χ0) is 15.2. The number of carbonyl (C=O) groups is 1. The van der Waals surface area contributed by atoms with Crippen LogP contribution >= 0.6 is 22.6 Å². The molecule has 4 heteroatoms. The van der Waals surface area contributed by atoms with Gasteiger partial charge in [-0.2, -0.15) is 5.26 Å². The van der Waals surface area contributed by atoms with Crippen molar-refractivity contribution in [3.05, 3.63) is 63.2 Å². The summed E-state index contributed by atoms with van der Waals surface area (Å²) in [5.41, 5.74) is 1.24. The number of carbonyl (C=O) groups excluding carboxylic acids is 1. The number of rotatable bonds is 5. The quantitative estimate of drug-likeness (QED) is 0.568. The predicted octanol–water partition coefficient (Wildman–Crippen LogP) is 4.18. The molecule has 0 saturated heterocycles. The summed E-state index contributed by atoms with van der Waals surface area (Å²) in [7, 11) is 0. The van der Waals surface area contributed by atoms with Crippen molar-refractivity contribution in [2.24, 2.45) is 0 Å². The Morgan fingerprint density at radius 3 is 2.33 bits per heavy atom. The van der Waals surface area contributed by atoms with Crippen LogP contribution in [0.3, 0.4) is 0 Å².